The maximum Gasteiger partial charge on any atom is 0.253 e. The number of hydrogen-bond donors (Lipinski definition) is 1. The predicted octanol–water partition coefficient (Wildman–Crippen LogP) is 1.12. The second-order valence-corrected chi connectivity index (χ2v) is 2.73. The number of hydrogen-bond acceptors (Lipinski definition) is 4. The largest absolute Gasteiger partial charge is 0.340 e. The minimum atomic E-state index is -2.38. The Morgan fingerprint density at radius 2 is 2.23 bits per heavy atom. The van der Waals surface area contributed by atoms with Crippen LogP contribution in [0.25, 0.3) is 0 Å². The van der Waals surface area contributed by atoms with Gasteiger partial charge in [-0.2, -0.15) is 4.98 Å². The van der Waals surface area contributed by atoms with E-state index < -0.39 is 12.5 Å². The van der Waals surface area contributed by atoms with Crippen molar-refractivity contribution in [2.24, 2.45) is 0 Å². The van der Waals surface area contributed by atoms with Crippen molar-refractivity contribution in [3.05, 3.63) is 11.7 Å². The van der Waals surface area contributed by atoms with Crippen LogP contribution in [0.5, 0.6) is 0 Å². The smallest absolute Gasteiger partial charge is 0.253 e. The molecule has 0 aliphatic carbocycles. The normalized spacial score (nSPS) is 13.6. The van der Waals surface area contributed by atoms with Crippen molar-refractivity contribution in [3.63, 3.8) is 0 Å². The highest BCUT2D eigenvalue weighted by Crippen LogP contribution is 2.01. The van der Waals surface area contributed by atoms with Gasteiger partial charge < -0.3 is 9.84 Å². The molecule has 1 N–H and O–H groups in total. The summed E-state index contributed by atoms with van der Waals surface area (Å²) in [6, 6.07) is -0.862. The quantitative estimate of drug-likeness (QED) is 0.774. The minimum absolute atomic E-state index is 0.197. The minimum Gasteiger partial charge on any atom is -0.340 e. The number of nitrogens with one attached hydrogen (secondary N) is 1. The van der Waals surface area contributed by atoms with Gasteiger partial charge in [-0.3, -0.25) is 0 Å². The fourth-order valence-electron chi connectivity index (χ4n) is 0.754. The number of aromatic nitrogens is 2. The van der Waals surface area contributed by atoms with E-state index in [4.69, 9.17) is 0 Å². The van der Waals surface area contributed by atoms with E-state index >= 15 is 0 Å². The van der Waals surface area contributed by atoms with Crippen LogP contribution in [0.4, 0.5) is 8.78 Å². The molecule has 0 saturated carbocycles. The summed E-state index contributed by atoms with van der Waals surface area (Å²) in [5.41, 5.74) is 0. The summed E-state index contributed by atoms with van der Waals surface area (Å²) in [6.07, 6.45) is -2.38. The number of alkyl halides is 2. The Labute approximate surface area is 74.3 Å². The first kappa shape index (κ1) is 10.0. The van der Waals surface area contributed by atoms with Crippen molar-refractivity contribution in [3.8, 4) is 0 Å². The molecule has 1 aromatic heterocycles. The predicted molar refractivity (Wildman–Crippen MR) is 41.3 cm³/mol. The van der Waals surface area contributed by atoms with E-state index in [0.717, 1.165) is 0 Å². The van der Waals surface area contributed by atoms with E-state index in [9.17, 15) is 8.78 Å². The van der Waals surface area contributed by atoms with Gasteiger partial charge in [0, 0.05) is 6.92 Å². The van der Waals surface area contributed by atoms with E-state index in [2.05, 4.69) is 20.0 Å². The lowest BCUT2D eigenvalue weighted by Crippen LogP contribution is -2.32. The Balaban J connectivity index is 2.35. The number of aryl methyl sites for hydroxylation is 1. The first-order valence-corrected chi connectivity index (χ1v) is 3.90. The second kappa shape index (κ2) is 4.27. The maximum absolute atomic E-state index is 12.0. The van der Waals surface area contributed by atoms with E-state index in [1.807, 2.05) is 0 Å². The molecule has 0 fully saturated rings. The topological polar surface area (TPSA) is 51.0 Å². The van der Waals surface area contributed by atoms with Crippen molar-refractivity contribution in [1.29, 1.82) is 0 Å². The SMILES string of the molecule is Cc1nc(CNC(C)C(F)F)no1. The molecule has 0 aromatic carbocycles. The molecule has 0 bridgehead atoms. The van der Waals surface area contributed by atoms with Crippen molar-refractivity contribution >= 4 is 0 Å². The molecule has 0 amide bonds. The van der Waals surface area contributed by atoms with Crippen LogP contribution in [0.1, 0.15) is 18.6 Å². The van der Waals surface area contributed by atoms with Gasteiger partial charge in [-0.05, 0) is 6.92 Å². The molecule has 1 atom stereocenters. The zero-order valence-corrected chi connectivity index (χ0v) is 7.42. The average Bonchev–Trinajstić information content (AvgIpc) is 2.47. The van der Waals surface area contributed by atoms with Crippen molar-refractivity contribution in [2.75, 3.05) is 0 Å². The summed E-state index contributed by atoms with van der Waals surface area (Å²) in [4.78, 5) is 3.86. The van der Waals surface area contributed by atoms with E-state index in [1.165, 1.54) is 6.92 Å². The van der Waals surface area contributed by atoms with Crippen LogP contribution < -0.4 is 5.32 Å². The summed E-state index contributed by atoms with van der Waals surface area (Å²) in [5.74, 6) is 0.825. The summed E-state index contributed by atoms with van der Waals surface area (Å²) < 4.78 is 28.7. The fraction of sp³-hybridized carbons (Fsp3) is 0.714. The summed E-state index contributed by atoms with van der Waals surface area (Å²) in [5, 5.41) is 6.13. The third-order valence-corrected chi connectivity index (χ3v) is 1.53. The van der Waals surface area contributed by atoms with E-state index in [-0.39, 0.29) is 6.54 Å². The number of rotatable bonds is 4. The van der Waals surface area contributed by atoms with Gasteiger partial charge in [-0.15, -0.1) is 0 Å². The second-order valence-electron chi connectivity index (χ2n) is 2.73. The van der Waals surface area contributed by atoms with Crippen LogP contribution in [-0.2, 0) is 6.54 Å². The summed E-state index contributed by atoms with van der Waals surface area (Å²) >= 11 is 0. The van der Waals surface area contributed by atoms with E-state index in [1.54, 1.807) is 6.92 Å². The van der Waals surface area contributed by atoms with Gasteiger partial charge in [0.05, 0.1) is 12.6 Å². The highest BCUT2D eigenvalue weighted by molar-refractivity contribution is 4.83. The molecule has 0 radical (unpaired) electrons. The zero-order chi connectivity index (χ0) is 9.84. The van der Waals surface area contributed by atoms with Crippen molar-refractivity contribution in [2.45, 2.75) is 32.9 Å². The molecule has 1 unspecified atom stereocenters. The highest BCUT2D eigenvalue weighted by Gasteiger charge is 2.14. The van der Waals surface area contributed by atoms with Gasteiger partial charge in [-0.1, -0.05) is 5.16 Å². The molecular formula is C7H11F2N3O. The lowest BCUT2D eigenvalue weighted by molar-refractivity contribution is 0.105. The average molecular weight is 191 g/mol. The number of nitrogens with zero attached hydrogens (tertiary/aromatic N) is 2. The van der Waals surface area contributed by atoms with Crippen LogP contribution in [-0.4, -0.2) is 22.6 Å². The first-order valence-electron chi connectivity index (χ1n) is 3.90. The molecule has 1 rings (SSSR count). The molecule has 0 saturated heterocycles. The molecule has 0 aliphatic rings. The molecule has 6 heteroatoms. The third-order valence-electron chi connectivity index (χ3n) is 1.53. The Bertz CT molecular complexity index is 264. The third kappa shape index (κ3) is 3.06. The Morgan fingerprint density at radius 1 is 1.54 bits per heavy atom. The molecular weight excluding hydrogens is 180 g/mol. The van der Waals surface area contributed by atoms with Crippen LogP contribution >= 0.6 is 0 Å². The van der Waals surface area contributed by atoms with Crippen LogP contribution in [0, 0.1) is 6.92 Å². The lowest BCUT2D eigenvalue weighted by Gasteiger charge is -2.09. The Hall–Kier alpha value is -1.04. The molecule has 0 aliphatic heterocycles. The maximum atomic E-state index is 12.0. The Morgan fingerprint density at radius 3 is 2.69 bits per heavy atom. The van der Waals surface area contributed by atoms with E-state index in [0.29, 0.717) is 11.7 Å². The molecule has 0 spiro atoms. The fourth-order valence-corrected chi connectivity index (χ4v) is 0.754. The summed E-state index contributed by atoms with van der Waals surface area (Å²) in [6.45, 7) is 3.24. The Kier molecular flexibility index (Phi) is 3.30. The first-order chi connectivity index (χ1) is 6.09. The van der Waals surface area contributed by atoms with Gasteiger partial charge in [0.15, 0.2) is 5.82 Å². The summed E-state index contributed by atoms with van der Waals surface area (Å²) in [7, 11) is 0. The molecule has 74 valence electrons. The van der Waals surface area contributed by atoms with Crippen LogP contribution in [0.2, 0.25) is 0 Å². The molecule has 1 aromatic rings. The molecule has 4 nitrogen and oxygen atoms in total. The van der Waals surface area contributed by atoms with Crippen LogP contribution in [0.15, 0.2) is 4.52 Å². The van der Waals surface area contributed by atoms with Gasteiger partial charge in [-0.25, -0.2) is 8.78 Å². The molecule has 1 heterocycles. The number of halogens is 2. The van der Waals surface area contributed by atoms with Gasteiger partial charge >= 0.3 is 0 Å². The molecule has 13 heavy (non-hydrogen) atoms. The van der Waals surface area contributed by atoms with Crippen molar-refractivity contribution < 1.29 is 13.3 Å². The highest BCUT2D eigenvalue weighted by atomic mass is 19.3. The van der Waals surface area contributed by atoms with Gasteiger partial charge in [0.25, 0.3) is 6.43 Å². The van der Waals surface area contributed by atoms with Gasteiger partial charge in [0.1, 0.15) is 0 Å². The van der Waals surface area contributed by atoms with Crippen LogP contribution in [0.3, 0.4) is 0 Å². The zero-order valence-electron chi connectivity index (χ0n) is 7.42. The monoisotopic (exact) mass is 191 g/mol. The van der Waals surface area contributed by atoms with Gasteiger partial charge in [0.2, 0.25) is 5.89 Å². The standard InChI is InChI=1S/C7H11F2N3O/c1-4(7(8)9)10-3-6-11-5(2)13-12-6/h4,7,10H,3H2,1-2H3. The van der Waals surface area contributed by atoms with Crippen molar-refractivity contribution in [1.82, 2.24) is 15.5 Å². The lowest BCUT2D eigenvalue weighted by atomic mass is 10.3.